The first-order chi connectivity index (χ1) is 10.3. The van der Waals surface area contributed by atoms with E-state index in [-0.39, 0.29) is 11.8 Å². The van der Waals surface area contributed by atoms with Crippen molar-refractivity contribution in [1.29, 1.82) is 0 Å². The first kappa shape index (κ1) is 13.7. The second kappa shape index (κ2) is 6.44. The van der Waals surface area contributed by atoms with E-state index in [1.807, 2.05) is 54.6 Å². The molecule has 2 aromatic rings. The molecule has 0 aliphatic heterocycles. The van der Waals surface area contributed by atoms with Crippen LogP contribution >= 0.6 is 0 Å². The molecule has 21 heavy (non-hydrogen) atoms. The smallest absolute Gasteiger partial charge is 0.223 e. The van der Waals surface area contributed by atoms with Gasteiger partial charge in [-0.1, -0.05) is 36.8 Å². The number of rotatable bonds is 5. The molecular weight excluding hydrogens is 262 g/mol. The second-order valence-electron chi connectivity index (χ2n) is 5.40. The average molecular weight is 281 g/mol. The van der Waals surface area contributed by atoms with Crippen LogP contribution in [0.3, 0.4) is 0 Å². The Morgan fingerprint density at radius 2 is 1.67 bits per heavy atom. The maximum Gasteiger partial charge on any atom is 0.223 e. The highest BCUT2D eigenvalue weighted by Gasteiger charge is 2.24. The normalized spacial score (nSPS) is 14.3. The molecule has 1 aliphatic carbocycles. The number of benzene rings is 2. The molecule has 0 aromatic heterocycles. The zero-order valence-electron chi connectivity index (χ0n) is 11.9. The van der Waals surface area contributed by atoms with Gasteiger partial charge in [-0.15, -0.1) is 0 Å². The summed E-state index contributed by atoms with van der Waals surface area (Å²) in [5, 5.41) is 2.99. The molecule has 0 heterocycles. The lowest BCUT2D eigenvalue weighted by atomic mass is 9.85. The van der Waals surface area contributed by atoms with Crippen LogP contribution < -0.4 is 10.1 Å². The van der Waals surface area contributed by atoms with Crippen molar-refractivity contribution < 1.29 is 9.53 Å². The van der Waals surface area contributed by atoms with Crippen molar-refractivity contribution in [2.75, 3.05) is 0 Å². The van der Waals surface area contributed by atoms with Crippen LogP contribution in [0, 0.1) is 5.92 Å². The van der Waals surface area contributed by atoms with Crippen LogP contribution in [-0.4, -0.2) is 5.91 Å². The highest BCUT2D eigenvalue weighted by atomic mass is 16.5. The molecule has 0 saturated heterocycles. The lowest BCUT2D eigenvalue weighted by Gasteiger charge is -2.24. The second-order valence-corrected chi connectivity index (χ2v) is 5.40. The third kappa shape index (κ3) is 3.63. The summed E-state index contributed by atoms with van der Waals surface area (Å²) in [5.74, 6) is 2.05. The molecule has 1 amide bonds. The van der Waals surface area contributed by atoms with Crippen molar-refractivity contribution in [2.24, 2.45) is 5.92 Å². The zero-order valence-corrected chi connectivity index (χ0v) is 11.9. The SMILES string of the molecule is O=C(NCc1ccc(Oc2ccccc2)cc1)C1CCC1. The molecule has 0 unspecified atom stereocenters. The number of hydrogen-bond acceptors (Lipinski definition) is 2. The summed E-state index contributed by atoms with van der Waals surface area (Å²) in [5.41, 5.74) is 1.09. The summed E-state index contributed by atoms with van der Waals surface area (Å²) >= 11 is 0. The Bertz CT molecular complexity index is 588. The molecule has 0 radical (unpaired) electrons. The Balaban J connectivity index is 1.53. The van der Waals surface area contributed by atoms with E-state index in [1.54, 1.807) is 0 Å². The minimum Gasteiger partial charge on any atom is -0.457 e. The van der Waals surface area contributed by atoms with Crippen LogP contribution in [0.2, 0.25) is 0 Å². The Kier molecular flexibility index (Phi) is 4.20. The van der Waals surface area contributed by atoms with Gasteiger partial charge in [0, 0.05) is 12.5 Å². The summed E-state index contributed by atoms with van der Waals surface area (Å²) in [6, 6.07) is 17.5. The van der Waals surface area contributed by atoms with Gasteiger partial charge < -0.3 is 10.1 Å². The predicted octanol–water partition coefficient (Wildman–Crippen LogP) is 3.90. The largest absolute Gasteiger partial charge is 0.457 e. The van der Waals surface area contributed by atoms with Gasteiger partial charge in [0.15, 0.2) is 0 Å². The van der Waals surface area contributed by atoms with E-state index >= 15 is 0 Å². The number of carbonyl (C=O) groups excluding carboxylic acids is 1. The van der Waals surface area contributed by atoms with Crippen LogP contribution in [0.15, 0.2) is 54.6 Å². The van der Waals surface area contributed by atoms with E-state index in [1.165, 1.54) is 6.42 Å². The molecule has 0 atom stereocenters. The van der Waals surface area contributed by atoms with E-state index in [0.29, 0.717) is 6.54 Å². The topological polar surface area (TPSA) is 38.3 Å². The molecule has 0 bridgehead atoms. The van der Waals surface area contributed by atoms with Gasteiger partial charge in [0.25, 0.3) is 0 Å². The van der Waals surface area contributed by atoms with Crippen LogP contribution in [0.25, 0.3) is 0 Å². The summed E-state index contributed by atoms with van der Waals surface area (Å²) in [4.78, 5) is 11.8. The summed E-state index contributed by atoms with van der Waals surface area (Å²) in [6.07, 6.45) is 3.26. The van der Waals surface area contributed by atoms with Gasteiger partial charge in [-0.3, -0.25) is 4.79 Å². The molecule has 1 N–H and O–H groups in total. The van der Waals surface area contributed by atoms with Crippen molar-refractivity contribution in [3.05, 3.63) is 60.2 Å². The van der Waals surface area contributed by atoms with Crippen molar-refractivity contribution >= 4 is 5.91 Å². The summed E-state index contributed by atoms with van der Waals surface area (Å²) < 4.78 is 5.74. The van der Waals surface area contributed by atoms with E-state index in [9.17, 15) is 4.79 Å². The van der Waals surface area contributed by atoms with Crippen molar-refractivity contribution in [1.82, 2.24) is 5.32 Å². The lowest BCUT2D eigenvalue weighted by Crippen LogP contribution is -2.33. The molecule has 1 aliphatic rings. The van der Waals surface area contributed by atoms with E-state index in [2.05, 4.69) is 5.32 Å². The maximum atomic E-state index is 11.8. The molecule has 0 spiro atoms. The van der Waals surface area contributed by atoms with Crippen LogP contribution in [0.5, 0.6) is 11.5 Å². The highest BCUT2D eigenvalue weighted by Crippen LogP contribution is 2.26. The molecule has 1 saturated carbocycles. The molecule has 108 valence electrons. The van der Waals surface area contributed by atoms with Gasteiger partial charge in [-0.25, -0.2) is 0 Å². The molecule has 3 nitrogen and oxygen atoms in total. The quantitative estimate of drug-likeness (QED) is 0.902. The van der Waals surface area contributed by atoms with Crippen LogP contribution in [0.1, 0.15) is 24.8 Å². The number of para-hydroxylation sites is 1. The van der Waals surface area contributed by atoms with Gasteiger partial charge in [-0.2, -0.15) is 0 Å². The van der Waals surface area contributed by atoms with E-state index < -0.39 is 0 Å². The fraction of sp³-hybridized carbons (Fsp3) is 0.278. The van der Waals surface area contributed by atoms with Crippen LogP contribution in [-0.2, 0) is 11.3 Å². The van der Waals surface area contributed by atoms with Gasteiger partial charge in [0.2, 0.25) is 5.91 Å². The minimum absolute atomic E-state index is 0.186. The third-order valence-corrected chi connectivity index (χ3v) is 3.84. The van der Waals surface area contributed by atoms with Gasteiger partial charge in [0.1, 0.15) is 11.5 Å². The van der Waals surface area contributed by atoms with Gasteiger partial charge >= 0.3 is 0 Å². The Hall–Kier alpha value is -2.29. The number of hydrogen-bond donors (Lipinski definition) is 1. The van der Waals surface area contributed by atoms with Gasteiger partial charge in [-0.05, 0) is 42.7 Å². The highest BCUT2D eigenvalue weighted by molar-refractivity contribution is 5.79. The van der Waals surface area contributed by atoms with Crippen molar-refractivity contribution in [3.63, 3.8) is 0 Å². The number of nitrogens with one attached hydrogen (secondary N) is 1. The molecular formula is C18H19NO2. The fourth-order valence-electron chi connectivity index (χ4n) is 2.30. The molecule has 2 aromatic carbocycles. The minimum atomic E-state index is 0.186. The Morgan fingerprint density at radius 3 is 2.29 bits per heavy atom. The lowest BCUT2D eigenvalue weighted by molar-refractivity contribution is -0.127. The summed E-state index contributed by atoms with van der Waals surface area (Å²) in [6.45, 7) is 0.584. The maximum absolute atomic E-state index is 11.8. The average Bonchev–Trinajstić information content (AvgIpc) is 2.46. The number of amides is 1. The van der Waals surface area contributed by atoms with Crippen molar-refractivity contribution in [2.45, 2.75) is 25.8 Å². The fourth-order valence-corrected chi connectivity index (χ4v) is 2.30. The standard InChI is InChI=1S/C18H19NO2/c20-18(15-5-4-6-15)19-13-14-9-11-17(12-10-14)21-16-7-2-1-3-8-16/h1-3,7-12,15H,4-6,13H2,(H,19,20). The summed E-state index contributed by atoms with van der Waals surface area (Å²) in [7, 11) is 0. The van der Waals surface area contributed by atoms with Crippen LogP contribution in [0.4, 0.5) is 0 Å². The monoisotopic (exact) mass is 281 g/mol. The van der Waals surface area contributed by atoms with E-state index in [4.69, 9.17) is 4.74 Å². The molecule has 3 rings (SSSR count). The Labute approximate surface area is 124 Å². The first-order valence-electron chi connectivity index (χ1n) is 7.41. The molecule has 1 fully saturated rings. The number of carbonyl (C=O) groups is 1. The predicted molar refractivity (Wildman–Crippen MR) is 82.1 cm³/mol. The van der Waals surface area contributed by atoms with Gasteiger partial charge in [0.05, 0.1) is 0 Å². The molecule has 3 heteroatoms. The van der Waals surface area contributed by atoms with E-state index in [0.717, 1.165) is 29.9 Å². The Morgan fingerprint density at radius 1 is 1.00 bits per heavy atom. The third-order valence-electron chi connectivity index (χ3n) is 3.84. The first-order valence-corrected chi connectivity index (χ1v) is 7.41. The van der Waals surface area contributed by atoms with Crippen molar-refractivity contribution in [3.8, 4) is 11.5 Å². The number of ether oxygens (including phenoxy) is 1. The zero-order chi connectivity index (χ0) is 14.5.